The first-order valence-corrected chi connectivity index (χ1v) is 4.90. The molecule has 2 heterocycles. The molecule has 0 atom stereocenters. The van der Waals surface area contributed by atoms with E-state index < -0.39 is 0 Å². The van der Waals surface area contributed by atoms with E-state index in [0.717, 1.165) is 18.7 Å². The van der Waals surface area contributed by atoms with Gasteiger partial charge in [0.15, 0.2) is 0 Å². The van der Waals surface area contributed by atoms with E-state index in [4.69, 9.17) is 0 Å². The number of hydrogen-bond donors (Lipinski definition) is 1. The van der Waals surface area contributed by atoms with Gasteiger partial charge in [0.1, 0.15) is 0 Å². The van der Waals surface area contributed by atoms with Crippen LogP contribution >= 0.6 is 0 Å². The first kappa shape index (κ1) is 8.57. The fourth-order valence-electron chi connectivity index (χ4n) is 1.82. The summed E-state index contributed by atoms with van der Waals surface area (Å²) in [4.78, 5) is 2.30. The Hall–Kier alpha value is -1.02. The lowest BCUT2D eigenvalue weighted by molar-refractivity contribution is 0.287. The van der Waals surface area contributed by atoms with E-state index in [0.29, 0.717) is 6.04 Å². The molecule has 0 spiro atoms. The Bertz CT molecular complexity index is 231. The van der Waals surface area contributed by atoms with Crippen LogP contribution in [-0.4, -0.2) is 24.0 Å². The molecule has 0 aliphatic carbocycles. The molecule has 2 nitrogen and oxygen atoms in total. The third kappa shape index (κ3) is 2.01. The largest absolute Gasteiger partial charge is 0.351 e. The number of nitrogens with zero attached hydrogens (tertiary/aromatic N) is 1. The van der Waals surface area contributed by atoms with Crippen molar-refractivity contribution in [1.29, 1.82) is 0 Å². The summed E-state index contributed by atoms with van der Waals surface area (Å²) >= 11 is 0. The van der Waals surface area contributed by atoms with E-state index in [-0.39, 0.29) is 0 Å². The molecule has 70 valence electrons. The Balaban J connectivity index is 1.97. The topological polar surface area (TPSA) is 15.3 Å². The minimum absolute atomic E-state index is 0.682. The second kappa shape index (κ2) is 3.79. The summed E-state index contributed by atoms with van der Waals surface area (Å²) in [5.74, 6) is 0. The van der Waals surface area contributed by atoms with Crippen molar-refractivity contribution in [3.05, 3.63) is 36.7 Å². The maximum absolute atomic E-state index is 3.88. The van der Waals surface area contributed by atoms with Crippen LogP contribution in [0.15, 0.2) is 36.7 Å². The van der Waals surface area contributed by atoms with Gasteiger partial charge in [0.05, 0.1) is 0 Å². The Morgan fingerprint density at radius 3 is 2.46 bits per heavy atom. The van der Waals surface area contributed by atoms with Gasteiger partial charge in [-0.3, -0.25) is 0 Å². The normalized spacial score (nSPS) is 24.0. The molecule has 0 unspecified atom stereocenters. The lowest BCUT2D eigenvalue weighted by Gasteiger charge is -2.32. The summed E-state index contributed by atoms with van der Waals surface area (Å²) in [5.41, 5.74) is 1.09. The van der Waals surface area contributed by atoms with E-state index in [9.17, 15) is 0 Å². The fourth-order valence-corrected chi connectivity index (χ4v) is 1.82. The third-order valence-electron chi connectivity index (χ3n) is 2.65. The average molecular weight is 176 g/mol. The summed E-state index contributed by atoms with van der Waals surface area (Å²) in [6.45, 7) is 6.17. The first-order chi connectivity index (χ1) is 6.36. The van der Waals surface area contributed by atoms with Crippen molar-refractivity contribution in [3.63, 3.8) is 0 Å². The summed E-state index contributed by atoms with van der Waals surface area (Å²) in [6, 6.07) is 0.682. The van der Waals surface area contributed by atoms with E-state index in [1.165, 1.54) is 12.8 Å². The second-order valence-electron chi connectivity index (χ2n) is 3.63. The Kier molecular flexibility index (Phi) is 2.50. The zero-order valence-corrected chi connectivity index (χ0v) is 7.87. The predicted octanol–water partition coefficient (Wildman–Crippen LogP) is 1.64. The van der Waals surface area contributed by atoms with Crippen LogP contribution in [0, 0.1) is 0 Å². The van der Waals surface area contributed by atoms with E-state index in [1.807, 2.05) is 0 Å². The highest BCUT2D eigenvalue weighted by atomic mass is 15.1. The summed E-state index contributed by atoms with van der Waals surface area (Å²) in [6.07, 6.45) is 10.9. The van der Waals surface area contributed by atoms with Gasteiger partial charge in [-0.15, -0.1) is 0 Å². The minimum atomic E-state index is 0.682. The highest BCUT2D eigenvalue weighted by Gasteiger charge is 2.17. The average Bonchev–Trinajstić information content (AvgIpc) is 2.20. The zero-order valence-electron chi connectivity index (χ0n) is 7.87. The van der Waals surface area contributed by atoms with Gasteiger partial charge in [0, 0.05) is 18.4 Å². The van der Waals surface area contributed by atoms with Crippen LogP contribution in [0.2, 0.25) is 0 Å². The highest BCUT2D eigenvalue weighted by molar-refractivity contribution is 5.30. The van der Waals surface area contributed by atoms with Crippen molar-refractivity contribution in [2.45, 2.75) is 18.9 Å². The van der Waals surface area contributed by atoms with E-state index >= 15 is 0 Å². The Morgan fingerprint density at radius 2 is 1.85 bits per heavy atom. The molecule has 0 aromatic rings. The van der Waals surface area contributed by atoms with Crippen LogP contribution in [0.5, 0.6) is 0 Å². The molecule has 2 aliphatic heterocycles. The monoisotopic (exact) mass is 176 g/mol. The molecule has 2 rings (SSSR count). The van der Waals surface area contributed by atoms with Crippen molar-refractivity contribution in [3.8, 4) is 0 Å². The predicted molar refractivity (Wildman–Crippen MR) is 55.2 cm³/mol. The molecule has 0 amide bonds. The molecule has 1 N–H and O–H groups in total. The van der Waals surface area contributed by atoms with Gasteiger partial charge in [-0.2, -0.15) is 0 Å². The number of nitrogens with one attached hydrogen (secondary N) is 1. The molecule has 2 aliphatic rings. The Morgan fingerprint density at radius 1 is 1.23 bits per heavy atom. The van der Waals surface area contributed by atoms with E-state index in [2.05, 4.69) is 41.3 Å². The Labute approximate surface area is 79.6 Å². The summed E-state index contributed by atoms with van der Waals surface area (Å²) < 4.78 is 0. The lowest BCUT2D eigenvalue weighted by Crippen LogP contribution is -2.38. The van der Waals surface area contributed by atoms with Gasteiger partial charge in [-0.05, 0) is 43.7 Å². The van der Waals surface area contributed by atoms with Gasteiger partial charge in [-0.1, -0.05) is 6.58 Å². The first-order valence-electron chi connectivity index (χ1n) is 4.90. The molecule has 13 heavy (non-hydrogen) atoms. The third-order valence-corrected chi connectivity index (χ3v) is 2.65. The molecule has 0 bridgehead atoms. The fraction of sp³-hybridized carbons (Fsp3) is 0.455. The number of piperidine rings is 1. The van der Waals surface area contributed by atoms with Gasteiger partial charge < -0.3 is 10.2 Å². The molecule has 1 fully saturated rings. The van der Waals surface area contributed by atoms with Crippen LogP contribution < -0.4 is 5.32 Å². The molecule has 1 saturated heterocycles. The number of allylic oxidation sites excluding steroid dienone is 3. The van der Waals surface area contributed by atoms with Crippen molar-refractivity contribution in [2.75, 3.05) is 13.1 Å². The van der Waals surface area contributed by atoms with Gasteiger partial charge >= 0.3 is 0 Å². The lowest BCUT2D eigenvalue weighted by atomic mass is 10.0. The standard InChI is InChI=1S/C11H16N2/c1-10-4-8-13(9-5-10)11-2-6-12-7-3-11/h4-5,8-9,11-12H,1-3,6-7H2. The molecular formula is C11H16N2. The number of rotatable bonds is 1. The van der Waals surface area contributed by atoms with Crippen LogP contribution in [0.4, 0.5) is 0 Å². The van der Waals surface area contributed by atoms with Crippen LogP contribution in [0.25, 0.3) is 0 Å². The number of hydrogen-bond acceptors (Lipinski definition) is 2. The molecule has 0 radical (unpaired) electrons. The maximum Gasteiger partial charge on any atom is 0.0354 e. The van der Waals surface area contributed by atoms with Crippen LogP contribution in [-0.2, 0) is 0 Å². The molecule has 0 aromatic carbocycles. The quantitative estimate of drug-likeness (QED) is 0.653. The molecular weight excluding hydrogens is 160 g/mol. The van der Waals surface area contributed by atoms with Gasteiger partial charge in [0.25, 0.3) is 0 Å². The van der Waals surface area contributed by atoms with Crippen LogP contribution in [0.1, 0.15) is 12.8 Å². The molecule has 0 saturated carbocycles. The smallest absolute Gasteiger partial charge is 0.0354 e. The summed E-state index contributed by atoms with van der Waals surface area (Å²) in [5, 5.41) is 3.37. The zero-order chi connectivity index (χ0) is 9.10. The van der Waals surface area contributed by atoms with Gasteiger partial charge in [0.2, 0.25) is 0 Å². The minimum Gasteiger partial charge on any atom is -0.351 e. The van der Waals surface area contributed by atoms with E-state index in [1.54, 1.807) is 0 Å². The van der Waals surface area contributed by atoms with Gasteiger partial charge in [-0.25, -0.2) is 0 Å². The van der Waals surface area contributed by atoms with Crippen molar-refractivity contribution < 1.29 is 0 Å². The van der Waals surface area contributed by atoms with Crippen molar-refractivity contribution >= 4 is 0 Å². The summed E-state index contributed by atoms with van der Waals surface area (Å²) in [7, 11) is 0. The van der Waals surface area contributed by atoms with Crippen molar-refractivity contribution in [1.82, 2.24) is 10.2 Å². The van der Waals surface area contributed by atoms with Crippen molar-refractivity contribution in [2.24, 2.45) is 0 Å². The molecule has 2 heteroatoms. The van der Waals surface area contributed by atoms with Crippen LogP contribution in [0.3, 0.4) is 0 Å². The highest BCUT2D eigenvalue weighted by Crippen LogP contribution is 2.16. The second-order valence-corrected chi connectivity index (χ2v) is 3.63. The SMILES string of the molecule is C=C1C=CN(C2CCNCC2)C=C1. The maximum atomic E-state index is 3.88. The molecule has 0 aromatic heterocycles.